The number of benzene rings is 1. The second kappa shape index (κ2) is 4.89. The van der Waals surface area contributed by atoms with Gasteiger partial charge in [0, 0.05) is 32.2 Å². The molecule has 4 nitrogen and oxygen atoms in total. The zero-order chi connectivity index (χ0) is 13.3. The summed E-state index contributed by atoms with van der Waals surface area (Å²) < 4.78 is 13.2. The molecule has 1 aliphatic rings. The molecule has 0 unspecified atom stereocenters. The van der Waals surface area contributed by atoms with Crippen molar-refractivity contribution in [2.45, 2.75) is 6.54 Å². The molecule has 1 aromatic carbocycles. The average Bonchev–Trinajstić information content (AvgIpc) is 2.63. The van der Waals surface area contributed by atoms with E-state index in [0.29, 0.717) is 25.2 Å². The smallest absolute Gasteiger partial charge is 0.320 e. The van der Waals surface area contributed by atoms with E-state index in [-0.39, 0.29) is 16.8 Å². The number of nitrogens with two attached hydrogens (primary N) is 1. The van der Waals surface area contributed by atoms with Crippen LogP contribution in [0.2, 0.25) is 0 Å². The van der Waals surface area contributed by atoms with E-state index in [1.807, 2.05) is 0 Å². The fraction of sp³-hybridized carbons (Fsp3) is 0.333. The zero-order valence-electron chi connectivity index (χ0n) is 10.0. The van der Waals surface area contributed by atoms with Gasteiger partial charge in [-0.25, -0.2) is 9.18 Å². The number of urea groups is 1. The van der Waals surface area contributed by atoms with E-state index in [2.05, 4.69) is 0 Å². The van der Waals surface area contributed by atoms with E-state index in [9.17, 15) is 9.18 Å². The van der Waals surface area contributed by atoms with Crippen LogP contribution in [0.15, 0.2) is 18.2 Å². The summed E-state index contributed by atoms with van der Waals surface area (Å²) in [6.45, 7) is 1.75. The third kappa shape index (κ3) is 2.43. The lowest BCUT2D eigenvalue weighted by Gasteiger charge is -2.18. The minimum absolute atomic E-state index is 0.0341. The zero-order valence-corrected chi connectivity index (χ0v) is 10.8. The van der Waals surface area contributed by atoms with Crippen LogP contribution in [0.3, 0.4) is 0 Å². The van der Waals surface area contributed by atoms with Crippen LogP contribution in [0, 0.1) is 5.82 Å². The van der Waals surface area contributed by atoms with Crippen LogP contribution in [0.4, 0.5) is 9.18 Å². The highest BCUT2D eigenvalue weighted by Crippen LogP contribution is 2.17. The van der Waals surface area contributed by atoms with Gasteiger partial charge >= 0.3 is 6.03 Å². The Morgan fingerprint density at radius 1 is 1.50 bits per heavy atom. The van der Waals surface area contributed by atoms with E-state index >= 15 is 0 Å². The van der Waals surface area contributed by atoms with E-state index in [1.54, 1.807) is 22.9 Å². The SMILES string of the molecule is CN1CCN(Cc2ccc(F)cc2C(N)=S)C1=O. The van der Waals surface area contributed by atoms with Crippen molar-refractivity contribution >= 4 is 23.2 Å². The Labute approximate surface area is 110 Å². The second-order valence-corrected chi connectivity index (χ2v) is 4.73. The molecule has 1 heterocycles. The fourth-order valence-electron chi connectivity index (χ4n) is 1.97. The molecule has 2 rings (SSSR count). The highest BCUT2D eigenvalue weighted by atomic mass is 32.1. The monoisotopic (exact) mass is 267 g/mol. The van der Waals surface area contributed by atoms with Crippen LogP contribution in [-0.4, -0.2) is 41.0 Å². The van der Waals surface area contributed by atoms with Gasteiger partial charge in [-0.3, -0.25) is 0 Å². The van der Waals surface area contributed by atoms with Gasteiger partial charge in [-0.1, -0.05) is 18.3 Å². The molecule has 96 valence electrons. The van der Waals surface area contributed by atoms with Crippen LogP contribution >= 0.6 is 12.2 Å². The molecular weight excluding hydrogens is 253 g/mol. The van der Waals surface area contributed by atoms with Crippen LogP contribution in [0.25, 0.3) is 0 Å². The van der Waals surface area contributed by atoms with Crippen molar-refractivity contribution in [1.82, 2.24) is 9.80 Å². The summed E-state index contributed by atoms with van der Waals surface area (Å²) in [7, 11) is 1.75. The number of hydrogen-bond donors (Lipinski definition) is 1. The van der Waals surface area contributed by atoms with Crippen molar-refractivity contribution in [3.05, 3.63) is 35.1 Å². The van der Waals surface area contributed by atoms with E-state index in [1.165, 1.54) is 12.1 Å². The summed E-state index contributed by atoms with van der Waals surface area (Å²) in [5.41, 5.74) is 6.83. The highest BCUT2D eigenvalue weighted by Gasteiger charge is 2.25. The second-order valence-electron chi connectivity index (χ2n) is 4.29. The largest absolute Gasteiger partial charge is 0.389 e. The normalized spacial score (nSPS) is 15.3. The maximum atomic E-state index is 13.2. The molecule has 18 heavy (non-hydrogen) atoms. The number of thiocarbonyl (C=S) groups is 1. The Hall–Kier alpha value is -1.69. The van der Waals surface area contributed by atoms with Crippen molar-refractivity contribution in [1.29, 1.82) is 0 Å². The highest BCUT2D eigenvalue weighted by molar-refractivity contribution is 7.80. The Bertz CT molecular complexity index is 506. The number of amides is 2. The number of hydrogen-bond acceptors (Lipinski definition) is 2. The van der Waals surface area contributed by atoms with Crippen molar-refractivity contribution < 1.29 is 9.18 Å². The molecule has 0 spiro atoms. The molecule has 0 saturated carbocycles. The molecule has 1 saturated heterocycles. The summed E-state index contributed by atoms with van der Waals surface area (Å²) in [5, 5.41) is 0. The molecule has 2 N–H and O–H groups in total. The Kier molecular flexibility index (Phi) is 3.47. The lowest BCUT2D eigenvalue weighted by molar-refractivity contribution is 0.197. The molecule has 1 aliphatic heterocycles. The maximum absolute atomic E-state index is 13.2. The van der Waals surface area contributed by atoms with Crippen LogP contribution in [0.5, 0.6) is 0 Å². The fourth-order valence-corrected chi connectivity index (χ4v) is 2.16. The molecule has 0 aliphatic carbocycles. The van der Waals surface area contributed by atoms with E-state index < -0.39 is 0 Å². The van der Waals surface area contributed by atoms with Crippen molar-refractivity contribution in [3.8, 4) is 0 Å². The van der Waals surface area contributed by atoms with Gasteiger partial charge in [-0.2, -0.15) is 0 Å². The Balaban J connectivity index is 2.24. The molecule has 1 aromatic rings. The molecule has 2 amide bonds. The molecule has 0 bridgehead atoms. The third-order valence-corrected chi connectivity index (χ3v) is 3.22. The van der Waals surface area contributed by atoms with Gasteiger partial charge in [0.1, 0.15) is 10.8 Å². The molecular formula is C12H14FN3OS. The van der Waals surface area contributed by atoms with Gasteiger partial charge in [0.2, 0.25) is 0 Å². The predicted octanol–water partition coefficient (Wildman–Crippen LogP) is 1.33. The molecule has 0 aromatic heterocycles. The number of likely N-dealkylation sites (N-methyl/N-ethyl adjacent to an activating group) is 1. The van der Waals surface area contributed by atoms with Gasteiger partial charge in [0.15, 0.2) is 0 Å². The first-order chi connectivity index (χ1) is 8.49. The number of carbonyl (C=O) groups is 1. The van der Waals surface area contributed by atoms with Crippen LogP contribution in [0.1, 0.15) is 11.1 Å². The van der Waals surface area contributed by atoms with Gasteiger partial charge in [-0.05, 0) is 17.7 Å². The minimum Gasteiger partial charge on any atom is -0.389 e. The average molecular weight is 267 g/mol. The first-order valence-electron chi connectivity index (χ1n) is 5.57. The first-order valence-corrected chi connectivity index (χ1v) is 5.98. The summed E-state index contributed by atoms with van der Waals surface area (Å²) >= 11 is 4.90. The predicted molar refractivity (Wildman–Crippen MR) is 70.7 cm³/mol. The summed E-state index contributed by atoms with van der Waals surface area (Å²) in [6, 6.07) is 4.24. The number of halogens is 1. The first kappa shape index (κ1) is 12.8. The summed E-state index contributed by atoms with van der Waals surface area (Å²) in [5.74, 6) is -0.383. The third-order valence-electron chi connectivity index (χ3n) is 3.00. The number of rotatable bonds is 3. The topological polar surface area (TPSA) is 49.6 Å². The van der Waals surface area contributed by atoms with Crippen molar-refractivity contribution in [2.24, 2.45) is 5.73 Å². The van der Waals surface area contributed by atoms with E-state index in [4.69, 9.17) is 18.0 Å². The summed E-state index contributed by atoms with van der Waals surface area (Å²) in [4.78, 5) is 15.2. The molecule has 0 radical (unpaired) electrons. The maximum Gasteiger partial charge on any atom is 0.320 e. The Morgan fingerprint density at radius 2 is 2.22 bits per heavy atom. The molecule has 0 atom stereocenters. The van der Waals surface area contributed by atoms with Crippen molar-refractivity contribution in [2.75, 3.05) is 20.1 Å². The molecule has 1 fully saturated rings. The summed E-state index contributed by atoms with van der Waals surface area (Å²) in [6.07, 6.45) is 0. The molecule has 6 heteroatoms. The van der Waals surface area contributed by atoms with E-state index in [0.717, 1.165) is 5.56 Å². The quantitative estimate of drug-likeness (QED) is 0.841. The van der Waals surface area contributed by atoms with Crippen molar-refractivity contribution in [3.63, 3.8) is 0 Å². The van der Waals surface area contributed by atoms with Crippen LogP contribution in [-0.2, 0) is 6.54 Å². The van der Waals surface area contributed by atoms with Gasteiger partial charge in [-0.15, -0.1) is 0 Å². The lowest BCUT2D eigenvalue weighted by atomic mass is 10.1. The van der Waals surface area contributed by atoms with Gasteiger partial charge in [0.05, 0.1) is 0 Å². The number of nitrogens with zero attached hydrogens (tertiary/aromatic N) is 2. The lowest BCUT2D eigenvalue weighted by Crippen LogP contribution is -2.29. The number of carbonyl (C=O) groups excluding carboxylic acids is 1. The standard InChI is InChI=1S/C12H14FN3OS/c1-15-4-5-16(12(15)17)7-8-2-3-9(13)6-10(8)11(14)18/h2-3,6H,4-5,7H2,1H3,(H2,14,18). The Morgan fingerprint density at radius 3 is 2.78 bits per heavy atom. The van der Waals surface area contributed by atoms with Gasteiger partial charge < -0.3 is 15.5 Å². The van der Waals surface area contributed by atoms with Crippen LogP contribution < -0.4 is 5.73 Å². The van der Waals surface area contributed by atoms with Gasteiger partial charge in [0.25, 0.3) is 0 Å². The minimum atomic E-state index is -0.383.